The van der Waals surface area contributed by atoms with Crippen LogP contribution in [0.25, 0.3) is 17.8 Å². The molecule has 37 heavy (non-hydrogen) atoms. The van der Waals surface area contributed by atoms with Crippen molar-refractivity contribution in [3.63, 3.8) is 0 Å². The molecule has 0 saturated heterocycles. The molecule has 4 aromatic rings. The highest BCUT2D eigenvalue weighted by atomic mass is 16.5. The van der Waals surface area contributed by atoms with Crippen LogP contribution < -0.4 is 4.74 Å². The Balaban J connectivity index is 1.34. The molecule has 1 aliphatic rings. The SMILES string of the molecule is CCCCC(O)c1ccc(C2CCCn3nc(/C=C/c4ccc(-n5cnc(C)c5)c(OC)c4)nc32)cc1. The maximum Gasteiger partial charge on any atom is 0.174 e. The smallest absolute Gasteiger partial charge is 0.174 e. The third-order valence-electron chi connectivity index (χ3n) is 7.06. The third kappa shape index (κ3) is 5.52. The van der Waals surface area contributed by atoms with Crippen LogP contribution in [0.15, 0.2) is 55.0 Å². The van der Waals surface area contributed by atoms with Gasteiger partial charge in [-0.15, -0.1) is 0 Å². The summed E-state index contributed by atoms with van der Waals surface area (Å²) in [5.74, 6) is 2.71. The quantitative estimate of drug-likeness (QED) is 0.302. The third-order valence-corrected chi connectivity index (χ3v) is 7.06. The average molecular weight is 498 g/mol. The van der Waals surface area contributed by atoms with E-state index in [1.54, 1.807) is 13.4 Å². The standard InChI is InChI=1S/C30H35N5O2/c1-4-5-8-27(36)24-13-11-23(12-14-24)25-7-6-17-35-30(25)32-29(33-35)16-10-22-9-15-26(28(18-22)37-3)34-19-21(2)31-20-34/h9-16,18-20,25,27,36H,4-8,17H2,1-3H3/b16-10+. The highest BCUT2D eigenvalue weighted by molar-refractivity contribution is 5.69. The van der Waals surface area contributed by atoms with E-state index in [1.165, 1.54) is 5.56 Å². The minimum absolute atomic E-state index is 0.211. The van der Waals surface area contributed by atoms with Gasteiger partial charge >= 0.3 is 0 Å². The Morgan fingerprint density at radius 3 is 2.73 bits per heavy atom. The number of hydrogen-bond acceptors (Lipinski definition) is 5. The first-order valence-electron chi connectivity index (χ1n) is 13.2. The zero-order chi connectivity index (χ0) is 25.8. The first kappa shape index (κ1) is 25.0. The van der Waals surface area contributed by atoms with Gasteiger partial charge < -0.3 is 14.4 Å². The van der Waals surface area contributed by atoms with Crippen LogP contribution >= 0.6 is 0 Å². The second kappa shape index (κ2) is 11.1. The topological polar surface area (TPSA) is 78.0 Å². The summed E-state index contributed by atoms with van der Waals surface area (Å²) < 4.78 is 9.65. The van der Waals surface area contributed by atoms with Gasteiger partial charge in [0.2, 0.25) is 0 Å². The van der Waals surface area contributed by atoms with Crippen LogP contribution in [-0.4, -0.2) is 36.5 Å². The van der Waals surface area contributed by atoms with Crippen molar-refractivity contribution in [1.29, 1.82) is 0 Å². The second-order valence-corrected chi connectivity index (χ2v) is 9.76. The number of benzene rings is 2. The molecule has 0 fully saturated rings. The summed E-state index contributed by atoms with van der Waals surface area (Å²) in [6.45, 7) is 5.00. The number of unbranched alkanes of at least 4 members (excludes halogenated alkanes) is 1. The summed E-state index contributed by atoms with van der Waals surface area (Å²) in [6, 6.07) is 14.5. The second-order valence-electron chi connectivity index (χ2n) is 9.76. The predicted molar refractivity (Wildman–Crippen MR) is 146 cm³/mol. The van der Waals surface area contributed by atoms with Gasteiger partial charge in [0.05, 0.1) is 30.9 Å². The van der Waals surface area contributed by atoms with E-state index < -0.39 is 6.10 Å². The van der Waals surface area contributed by atoms with Crippen molar-refractivity contribution in [2.75, 3.05) is 7.11 Å². The molecule has 3 heterocycles. The zero-order valence-corrected chi connectivity index (χ0v) is 21.8. The summed E-state index contributed by atoms with van der Waals surface area (Å²) in [7, 11) is 1.68. The van der Waals surface area contributed by atoms with Crippen LogP contribution in [0.4, 0.5) is 0 Å². The molecule has 0 spiro atoms. The van der Waals surface area contributed by atoms with E-state index in [2.05, 4.69) is 42.2 Å². The number of rotatable bonds is 9. The summed E-state index contributed by atoms with van der Waals surface area (Å²) in [6.07, 6.45) is 12.4. The minimum Gasteiger partial charge on any atom is -0.495 e. The highest BCUT2D eigenvalue weighted by Gasteiger charge is 2.25. The number of imidazole rings is 1. The molecule has 2 aromatic carbocycles. The lowest BCUT2D eigenvalue weighted by Crippen LogP contribution is -2.18. The van der Waals surface area contributed by atoms with Crippen molar-refractivity contribution in [3.8, 4) is 11.4 Å². The van der Waals surface area contributed by atoms with E-state index in [0.717, 1.165) is 72.7 Å². The van der Waals surface area contributed by atoms with Gasteiger partial charge in [0.1, 0.15) is 11.6 Å². The van der Waals surface area contributed by atoms with Gasteiger partial charge in [0.25, 0.3) is 0 Å². The molecule has 0 aliphatic carbocycles. The lowest BCUT2D eigenvalue weighted by atomic mass is 9.90. The summed E-state index contributed by atoms with van der Waals surface area (Å²) in [4.78, 5) is 9.22. The number of methoxy groups -OCH3 is 1. The average Bonchev–Trinajstić information content (AvgIpc) is 3.56. The first-order chi connectivity index (χ1) is 18.1. The van der Waals surface area contributed by atoms with Gasteiger partial charge in [-0.05, 0) is 61.1 Å². The molecule has 2 atom stereocenters. The van der Waals surface area contributed by atoms with Gasteiger partial charge in [0, 0.05) is 18.7 Å². The van der Waals surface area contributed by atoms with E-state index in [9.17, 15) is 5.11 Å². The number of aromatic nitrogens is 5. The van der Waals surface area contributed by atoms with E-state index >= 15 is 0 Å². The molecule has 1 aliphatic heterocycles. The number of ether oxygens (including phenoxy) is 1. The molecule has 0 bridgehead atoms. The van der Waals surface area contributed by atoms with Gasteiger partial charge in [-0.2, -0.15) is 5.10 Å². The molecular weight excluding hydrogens is 462 g/mol. The first-order valence-corrected chi connectivity index (χ1v) is 13.2. The normalized spacial score (nSPS) is 16.2. The molecule has 7 nitrogen and oxygen atoms in total. The Labute approximate surface area is 218 Å². The van der Waals surface area contributed by atoms with E-state index in [4.69, 9.17) is 14.8 Å². The molecule has 0 saturated carbocycles. The lowest BCUT2D eigenvalue weighted by Gasteiger charge is -2.23. The Morgan fingerprint density at radius 2 is 2.00 bits per heavy atom. The van der Waals surface area contributed by atoms with Crippen LogP contribution in [0.1, 0.15) is 85.1 Å². The molecule has 2 unspecified atom stereocenters. The van der Waals surface area contributed by atoms with Gasteiger partial charge in [-0.3, -0.25) is 0 Å². The molecule has 192 valence electrons. The number of hydrogen-bond donors (Lipinski definition) is 1. The number of aliphatic hydroxyl groups is 1. The van der Waals surface area contributed by atoms with Crippen molar-refractivity contribution in [2.24, 2.45) is 0 Å². The lowest BCUT2D eigenvalue weighted by molar-refractivity contribution is 0.164. The fourth-order valence-electron chi connectivity index (χ4n) is 5.00. The van der Waals surface area contributed by atoms with Crippen LogP contribution in [-0.2, 0) is 6.54 Å². The number of fused-ring (bicyclic) bond motifs is 1. The fraction of sp³-hybridized carbons (Fsp3) is 0.367. The van der Waals surface area contributed by atoms with Crippen LogP contribution in [0, 0.1) is 6.92 Å². The van der Waals surface area contributed by atoms with Gasteiger partial charge in [0.15, 0.2) is 5.82 Å². The van der Waals surface area contributed by atoms with Crippen molar-refractivity contribution in [1.82, 2.24) is 24.3 Å². The maximum absolute atomic E-state index is 10.4. The van der Waals surface area contributed by atoms with E-state index in [0.29, 0.717) is 5.82 Å². The van der Waals surface area contributed by atoms with Crippen molar-refractivity contribution < 1.29 is 9.84 Å². The Hall–Kier alpha value is -3.71. The molecular formula is C30H35N5O2. The minimum atomic E-state index is -0.391. The summed E-state index contributed by atoms with van der Waals surface area (Å²) in [5.41, 5.74) is 5.13. The fourth-order valence-corrected chi connectivity index (χ4v) is 5.00. The number of nitrogens with zero attached hydrogens (tertiary/aromatic N) is 5. The van der Waals surface area contributed by atoms with Gasteiger partial charge in [-0.25, -0.2) is 14.6 Å². The van der Waals surface area contributed by atoms with Crippen molar-refractivity contribution in [2.45, 2.75) is 64.5 Å². The van der Waals surface area contributed by atoms with Crippen molar-refractivity contribution >= 4 is 12.2 Å². The molecule has 1 N–H and O–H groups in total. The highest BCUT2D eigenvalue weighted by Crippen LogP contribution is 2.33. The summed E-state index contributed by atoms with van der Waals surface area (Å²) >= 11 is 0. The zero-order valence-electron chi connectivity index (χ0n) is 21.8. The Bertz CT molecular complexity index is 1370. The van der Waals surface area contributed by atoms with Gasteiger partial charge in [-0.1, -0.05) is 56.2 Å². The van der Waals surface area contributed by atoms with E-state index in [1.807, 2.05) is 46.7 Å². The monoisotopic (exact) mass is 497 g/mol. The van der Waals surface area contributed by atoms with Crippen molar-refractivity contribution in [3.05, 3.63) is 89.0 Å². The van der Waals surface area contributed by atoms with Crippen LogP contribution in [0.2, 0.25) is 0 Å². The molecule has 2 aromatic heterocycles. The number of aryl methyl sites for hydroxylation is 2. The Kier molecular flexibility index (Phi) is 7.51. The molecule has 7 heteroatoms. The molecule has 5 rings (SSSR count). The molecule has 0 amide bonds. The van der Waals surface area contributed by atoms with Crippen LogP contribution in [0.5, 0.6) is 5.75 Å². The predicted octanol–water partition coefficient (Wildman–Crippen LogP) is 6.10. The maximum atomic E-state index is 10.4. The van der Waals surface area contributed by atoms with Crippen LogP contribution in [0.3, 0.4) is 0 Å². The number of aliphatic hydroxyl groups excluding tert-OH is 1. The molecule has 0 radical (unpaired) electrons. The Morgan fingerprint density at radius 1 is 1.16 bits per heavy atom. The van der Waals surface area contributed by atoms with E-state index in [-0.39, 0.29) is 5.92 Å². The largest absolute Gasteiger partial charge is 0.495 e. The summed E-state index contributed by atoms with van der Waals surface area (Å²) in [5, 5.41) is 15.2.